The number of fused-ring (bicyclic) bond motifs is 1. The van der Waals surface area contributed by atoms with E-state index in [1.165, 1.54) is 0 Å². The Morgan fingerprint density at radius 2 is 1.81 bits per heavy atom. The van der Waals surface area contributed by atoms with Crippen molar-refractivity contribution >= 4 is 28.9 Å². The number of carbonyl (C=O) groups excluding carboxylic acids is 1. The van der Waals surface area contributed by atoms with E-state index in [0.29, 0.717) is 30.5 Å². The summed E-state index contributed by atoms with van der Waals surface area (Å²) < 4.78 is 16.4. The van der Waals surface area contributed by atoms with Crippen molar-refractivity contribution in [1.29, 1.82) is 0 Å². The number of benzene rings is 2. The lowest BCUT2D eigenvalue weighted by atomic mass is 10.2. The summed E-state index contributed by atoms with van der Waals surface area (Å²) in [5.41, 5.74) is 6.94. The lowest BCUT2D eigenvalue weighted by Gasteiger charge is -2.19. The number of aryl methyl sites for hydroxylation is 1. The third-order valence-corrected chi connectivity index (χ3v) is 3.71. The molecule has 0 aromatic heterocycles. The van der Waals surface area contributed by atoms with Crippen molar-refractivity contribution in [2.45, 2.75) is 6.92 Å². The Kier molecular flexibility index (Phi) is 5.75. The first-order valence-electron chi connectivity index (χ1n) is 8.05. The van der Waals surface area contributed by atoms with Crippen LogP contribution >= 0.6 is 12.2 Å². The molecule has 0 saturated carbocycles. The van der Waals surface area contributed by atoms with Crippen LogP contribution < -0.4 is 30.4 Å². The second kappa shape index (κ2) is 8.39. The number of hydrogen-bond acceptors (Lipinski definition) is 5. The molecule has 2 aromatic carbocycles. The van der Waals surface area contributed by atoms with Gasteiger partial charge in [0.25, 0.3) is 5.91 Å². The van der Waals surface area contributed by atoms with Crippen LogP contribution in [0.4, 0.5) is 5.69 Å². The van der Waals surface area contributed by atoms with Crippen molar-refractivity contribution in [2.75, 3.05) is 25.1 Å². The minimum atomic E-state index is -0.350. The Bertz CT molecular complexity index is 796. The highest BCUT2D eigenvalue weighted by atomic mass is 32.1. The van der Waals surface area contributed by atoms with E-state index in [1.54, 1.807) is 12.1 Å². The van der Waals surface area contributed by atoms with E-state index < -0.39 is 0 Å². The molecule has 1 aliphatic heterocycles. The number of amides is 1. The number of hydrazine groups is 1. The monoisotopic (exact) mass is 373 g/mol. The number of hydrogen-bond donors (Lipinski definition) is 3. The summed E-state index contributed by atoms with van der Waals surface area (Å²) in [5, 5.41) is 3.20. The zero-order valence-electron chi connectivity index (χ0n) is 14.2. The van der Waals surface area contributed by atoms with E-state index in [0.717, 1.165) is 11.3 Å². The lowest BCUT2D eigenvalue weighted by Crippen LogP contribution is -2.45. The van der Waals surface area contributed by atoms with Crippen LogP contribution in [0.2, 0.25) is 0 Å². The summed E-state index contributed by atoms with van der Waals surface area (Å²) in [7, 11) is 0. The predicted molar refractivity (Wildman–Crippen MR) is 102 cm³/mol. The van der Waals surface area contributed by atoms with E-state index in [4.69, 9.17) is 26.4 Å². The van der Waals surface area contributed by atoms with Crippen LogP contribution in [0.3, 0.4) is 0 Å². The molecule has 0 aliphatic carbocycles. The highest BCUT2D eigenvalue weighted by Gasteiger charge is 2.12. The molecule has 0 radical (unpaired) electrons. The van der Waals surface area contributed by atoms with Gasteiger partial charge in [-0.15, -0.1) is 0 Å². The maximum Gasteiger partial charge on any atom is 0.276 e. The van der Waals surface area contributed by atoms with Crippen LogP contribution in [-0.2, 0) is 4.79 Å². The number of ether oxygens (including phenoxy) is 3. The van der Waals surface area contributed by atoms with Gasteiger partial charge in [-0.3, -0.25) is 15.6 Å². The number of anilines is 1. The van der Waals surface area contributed by atoms with Gasteiger partial charge in [-0.05, 0) is 43.4 Å². The molecule has 8 heteroatoms. The highest BCUT2D eigenvalue weighted by molar-refractivity contribution is 7.80. The molecule has 1 amide bonds. The van der Waals surface area contributed by atoms with Crippen molar-refractivity contribution in [3.63, 3.8) is 0 Å². The van der Waals surface area contributed by atoms with Crippen LogP contribution in [-0.4, -0.2) is 30.8 Å². The van der Waals surface area contributed by atoms with Crippen molar-refractivity contribution in [3.05, 3.63) is 48.0 Å². The van der Waals surface area contributed by atoms with Gasteiger partial charge < -0.3 is 19.5 Å². The fraction of sp³-hybridized carbons (Fsp3) is 0.222. The van der Waals surface area contributed by atoms with Gasteiger partial charge in [0.15, 0.2) is 23.2 Å². The average molecular weight is 373 g/mol. The molecule has 3 rings (SSSR count). The van der Waals surface area contributed by atoms with E-state index in [1.807, 2.05) is 37.3 Å². The minimum Gasteiger partial charge on any atom is -0.486 e. The molecule has 0 bridgehead atoms. The maximum atomic E-state index is 11.8. The van der Waals surface area contributed by atoms with Crippen molar-refractivity contribution in [1.82, 2.24) is 10.9 Å². The topological polar surface area (TPSA) is 80.9 Å². The second-order valence-electron chi connectivity index (χ2n) is 5.59. The molecule has 0 saturated heterocycles. The quantitative estimate of drug-likeness (QED) is 0.560. The van der Waals surface area contributed by atoms with E-state index in [9.17, 15) is 4.79 Å². The predicted octanol–water partition coefficient (Wildman–Crippen LogP) is 2.16. The molecule has 1 heterocycles. The smallest absolute Gasteiger partial charge is 0.276 e. The molecule has 0 spiro atoms. The van der Waals surface area contributed by atoms with Gasteiger partial charge in [-0.1, -0.05) is 17.7 Å². The van der Waals surface area contributed by atoms with Gasteiger partial charge in [0.05, 0.1) is 0 Å². The summed E-state index contributed by atoms with van der Waals surface area (Å²) >= 11 is 5.15. The molecule has 26 heavy (non-hydrogen) atoms. The number of nitrogens with one attached hydrogen (secondary N) is 3. The van der Waals surface area contributed by atoms with E-state index >= 15 is 0 Å². The third-order valence-electron chi connectivity index (χ3n) is 3.51. The maximum absolute atomic E-state index is 11.8. The van der Waals surface area contributed by atoms with Crippen molar-refractivity contribution in [2.24, 2.45) is 0 Å². The SMILES string of the molecule is Cc1ccc(OCC(=O)NNC(=S)Nc2ccc3c(c2)OCCO3)cc1. The molecule has 0 unspecified atom stereocenters. The highest BCUT2D eigenvalue weighted by Crippen LogP contribution is 2.32. The third kappa shape index (κ3) is 5.00. The molecular weight excluding hydrogens is 354 g/mol. The fourth-order valence-electron chi connectivity index (χ4n) is 2.23. The minimum absolute atomic E-state index is 0.122. The molecule has 136 valence electrons. The molecule has 2 aromatic rings. The molecule has 0 fully saturated rings. The molecule has 7 nitrogen and oxygen atoms in total. The normalized spacial score (nSPS) is 12.0. The van der Waals surface area contributed by atoms with E-state index in [-0.39, 0.29) is 17.6 Å². The first-order chi connectivity index (χ1) is 12.6. The van der Waals surface area contributed by atoms with Crippen LogP contribution in [0.15, 0.2) is 42.5 Å². The Morgan fingerprint density at radius 1 is 1.08 bits per heavy atom. The Labute approximate surface area is 156 Å². The molecule has 0 atom stereocenters. The molecular formula is C18H19N3O4S. The number of rotatable bonds is 4. The Hall–Kier alpha value is -3.00. The van der Waals surface area contributed by atoms with Gasteiger partial charge >= 0.3 is 0 Å². The number of thiocarbonyl (C=S) groups is 1. The number of carbonyl (C=O) groups is 1. The lowest BCUT2D eigenvalue weighted by molar-refractivity contribution is -0.123. The van der Waals surface area contributed by atoms with Gasteiger partial charge in [0, 0.05) is 11.8 Å². The summed E-state index contributed by atoms with van der Waals surface area (Å²) in [4.78, 5) is 11.8. The summed E-state index contributed by atoms with van der Waals surface area (Å²) in [5.74, 6) is 1.63. The second-order valence-corrected chi connectivity index (χ2v) is 6.00. The zero-order chi connectivity index (χ0) is 18.4. The Morgan fingerprint density at radius 3 is 2.58 bits per heavy atom. The largest absolute Gasteiger partial charge is 0.486 e. The van der Waals surface area contributed by atoms with Crippen LogP contribution in [0.5, 0.6) is 17.2 Å². The van der Waals surface area contributed by atoms with Crippen molar-refractivity contribution in [3.8, 4) is 17.2 Å². The molecule has 1 aliphatic rings. The fourth-order valence-corrected chi connectivity index (χ4v) is 2.40. The Balaban J connectivity index is 1.42. The van der Waals surface area contributed by atoms with Gasteiger partial charge in [0.1, 0.15) is 19.0 Å². The first-order valence-corrected chi connectivity index (χ1v) is 8.46. The van der Waals surface area contributed by atoms with Crippen LogP contribution in [0.1, 0.15) is 5.56 Å². The standard InChI is InChI=1S/C18H19N3O4S/c1-12-2-5-14(6-3-12)25-11-17(22)20-21-18(26)19-13-4-7-15-16(10-13)24-9-8-23-15/h2-7,10H,8-9,11H2,1H3,(H,20,22)(H2,19,21,26). The van der Waals surface area contributed by atoms with Gasteiger partial charge in [0.2, 0.25) is 0 Å². The van der Waals surface area contributed by atoms with Crippen LogP contribution in [0.25, 0.3) is 0 Å². The van der Waals surface area contributed by atoms with Gasteiger partial charge in [-0.25, -0.2) is 0 Å². The van der Waals surface area contributed by atoms with Gasteiger partial charge in [-0.2, -0.15) is 0 Å². The van der Waals surface area contributed by atoms with Crippen LogP contribution in [0, 0.1) is 6.92 Å². The van der Waals surface area contributed by atoms with Crippen molar-refractivity contribution < 1.29 is 19.0 Å². The molecule has 3 N–H and O–H groups in total. The average Bonchev–Trinajstić information content (AvgIpc) is 2.66. The zero-order valence-corrected chi connectivity index (χ0v) is 15.0. The first kappa shape index (κ1) is 17.8. The van der Waals surface area contributed by atoms with E-state index in [2.05, 4.69) is 16.2 Å². The summed E-state index contributed by atoms with van der Waals surface area (Å²) in [6, 6.07) is 12.8. The summed E-state index contributed by atoms with van der Waals surface area (Å²) in [6.07, 6.45) is 0. The summed E-state index contributed by atoms with van der Waals surface area (Å²) in [6.45, 7) is 2.91.